The lowest BCUT2D eigenvalue weighted by atomic mass is 9.43. The quantitative estimate of drug-likeness (QED) is 0.159. The Morgan fingerprint density at radius 1 is 1.04 bits per heavy atom. The first-order chi connectivity index (χ1) is 24.4. The van der Waals surface area contributed by atoms with Gasteiger partial charge in [0.05, 0.1) is 23.9 Å². The van der Waals surface area contributed by atoms with Crippen molar-refractivity contribution in [2.24, 2.45) is 35.6 Å². The van der Waals surface area contributed by atoms with Crippen LogP contribution in [0.3, 0.4) is 0 Å². The summed E-state index contributed by atoms with van der Waals surface area (Å²) in [6, 6.07) is 2.29. The van der Waals surface area contributed by atoms with Crippen LogP contribution in [0.2, 0.25) is 0 Å². The largest absolute Gasteiger partial charge is 0.480 e. The Morgan fingerprint density at radius 3 is 2.51 bits per heavy atom. The molecule has 2 aromatic heterocycles. The van der Waals surface area contributed by atoms with Crippen molar-refractivity contribution in [2.45, 2.75) is 133 Å². The molecule has 2 heterocycles. The van der Waals surface area contributed by atoms with Crippen LogP contribution in [0, 0.1) is 28.6 Å². The van der Waals surface area contributed by atoms with Gasteiger partial charge >= 0.3 is 17.6 Å². The number of esters is 1. The minimum absolute atomic E-state index is 0.0821. The first-order valence-electron chi connectivity index (χ1n) is 19.0. The number of rotatable bonds is 14. The van der Waals surface area contributed by atoms with E-state index in [2.05, 4.69) is 17.2 Å². The number of aliphatic carboxylic acids is 1. The van der Waals surface area contributed by atoms with Gasteiger partial charge in [-0.2, -0.15) is 0 Å². The molecule has 12 nitrogen and oxygen atoms in total. The molecular weight excluding hydrogens is 654 g/mol. The minimum atomic E-state index is -1.10. The van der Waals surface area contributed by atoms with E-state index in [-0.39, 0.29) is 77.6 Å². The molecule has 12 heteroatoms. The van der Waals surface area contributed by atoms with Gasteiger partial charge < -0.3 is 34.4 Å². The summed E-state index contributed by atoms with van der Waals surface area (Å²) in [6.07, 6.45) is 15.5. The topological polar surface area (TPSA) is 181 Å². The van der Waals surface area contributed by atoms with Crippen molar-refractivity contribution < 1.29 is 38.9 Å². The normalized spacial score (nSPS) is 33.4. The van der Waals surface area contributed by atoms with Crippen LogP contribution < -0.4 is 10.9 Å². The van der Waals surface area contributed by atoms with E-state index in [4.69, 9.17) is 9.15 Å². The molecule has 9 unspecified atom stereocenters. The molecule has 0 radical (unpaired) electrons. The molecule has 4 aliphatic rings. The summed E-state index contributed by atoms with van der Waals surface area (Å²) in [5, 5.41) is 35.6. The second-order valence-electron chi connectivity index (χ2n) is 16.2. The number of nitrogens with zero attached hydrogens (tertiary/aromatic N) is 2. The smallest absolute Gasteiger partial charge is 0.335 e. The summed E-state index contributed by atoms with van der Waals surface area (Å²) in [5.41, 5.74) is -0.255. The zero-order valence-corrected chi connectivity index (χ0v) is 30.1. The van der Waals surface area contributed by atoms with Gasteiger partial charge in [-0.25, -0.2) is 14.6 Å². The summed E-state index contributed by atoms with van der Waals surface area (Å²) in [5.74, 6) is -0.962. The number of aliphatic hydroxyl groups excluding tert-OH is 1. The average Bonchev–Trinajstić information content (AvgIpc) is 3.64. The fourth-order valence-corrected chi connectivity index (χ4v) is 10.9. The van der Waals surface area contributed by atoms with E-state index in [1.54, 1.807) is 30.4 Å². The van der Waals surface area contributed by atoms with E-state index >= 15 is 0 Å². The van der Waals surface area contributed by atoms with Crippen LogP contribution in [-0.2, 0) is 32.6 Å². The Balaban J connectivity index is 0.935. The summed E-state index contributed by atoms with van der Waals surface area (Å²) in [4.78, 5) is 52.6. The van der Waals surface area contributed by atoms with E-state index in [9.17, 15) is 34.5 Å². The van der Waals surface area contributed by atoms with E-state index in [0.717, 1.165) is 63.4 Å². The van der Waals surface area contributed by atoms with Crippen molar-refractivity contribution in [3.63, 3.8) is 0 Å². The lowest BCUT2D eigenvalue weighted by Gasteiger charge is -2.64. The average molecular weight is 710 g/mol. The highest BCUT2D eigenvalue weighted by Crippen LogP contribution is 2.70. The first kappa shape index (κ1) is 37.3. The second-order valence-corrected chi connectivity index (χ2v) is 16.2. The number of aryl methyl sites for hydroxylation is 1. The number of aliphatic hydroxyl groups is 2. The number of ether oxygens (including phenoxy) is 1. The summed E-state index contributed by atoms with van der Waals surface area (Å²) in [7, 11) is 1.80. The van der Waals surface area contributed by atoms with Crippen molar-refractivity contribution in [1.29, 1.82) is 0 Å². The van der Waals surface area contributed by atoms with Gasteiger partial charge in [0.25, 0.3) is 0 Å². The Labute approximate surface area is 299 Å². The van der Waals surface area contributed by atoms with Crippen molar-refractivity contribution in [2.75, 3.05) is 6.61 Å². The zero-order chi connectivity index (χ0) is 36.4. The van der Waals surface area contributed by atoms with Gasteiger partial charge in [-0.15, -0.1) is 0 Å². The minimum Gasteiger partial charge on any atom is -0.480 e. The summed E-state index contributed by atoms with van der Waals surface area (Å²) < 4.78 is 12.9. The number of nitrogens with one attached hydrogen (secondary N) is 1. The highest BCUT2D eigenvalue weighted by atomic mass is 16.5. The number of amides is 1. The maximum atomic E-state index is 12.8. The molecule has 0 saturated heterocycles. The fraction of sp³-hybridized carbons (Fsp3) is 0.718. The van der Waals surface area contributed by atoms with Crippen LogP contribution in [0.5, 0.6) is 0 Å². The van der Waals surface area contributed by atoms with Crippen LogP contribution in [0.4, 0.5) is 0 Å². The van der Waals surface area contributed by atoms with E-state index in [0.29, 0.717) is 37.8 Å². The maximum absolute atomic E-state index is 12.8. The maximum Gasteiger partial charge on any atom is 0.335 e. The molecule has 2 aromatic rings. The number of hydrogen-bond acceptors (Lipinski definition) is 9. The molecule has 0 aromatic carbocycles. The van der Waals surface area contributed by atoms with Gasteiger partial charge in [-0.3, -0.25) is 9.59 Å². The van der Waals surface area contributed by atoms with Crippen LogP contribution >= 0.6 is 0 Å². The summed E-state index contributed by atoms with van der Waals surface area (Å²) >= 11 is 0. The van der Waals surface area contributed by atoms with Crippen molar-refractivity contribution in [3.05, 3.63) is 52.6 Å². The predicted molar refractivity (Wildman–Crippen MR) is 186 cm³/mol. The lowest BCUT2D eigenvalue weighted by Crippen LogP contribution is -2.63. The van der Waals surface area contributed by atoms with Crippen molar-refractivity contribution >= 4 is 17.8 Å². The number of aromatic nitrogens is 2. The van der Waals surface area contributed by atoms with Gasteiger partial charge in [0.15, 0.2) is 0 Å². The first-order valence-corrected chi connectivity index (χ1v) is 19.0. The molecular formula is C39H55N3O9. The molecule has 0 bridgehead atoms. The Morgan fingerprint density at radius 2 is 1.82 bits per heavy atom. The number of imidazole rings is 1. The Hall–Kier alpha value is -3.51. The molecule has 4 saturated carbocycles. The van der Waals surface area contributed by atoms with Crippen molar-refractivity contribution in [3.8, 4) is 0 Å². The van der Waals surface area contributed by atoms with Gasteiger partial charge in [0.1, 0.15) is 12.1 Å². The third-order valence-electron chi connectivity index (χ3n) is 13.6. The molecule has 4 fully saturated rings. The number of hydrogen-bond donors (Lipinski definition) is 4. The molecule has 0 spiro atoms. The van der Waals surface area contributed by atoms with Crippen LogP contribution in [0.15, 0.2) is 40.1 Å². The molecule has 51 heavy (non-hydrogen) atoms. The Kier molecular flexibility index (Phi) is 11.1. The Bertz CT molecular complexity index is 1600. The number of carboxylic acid groups (broad SMARTS) is 1. The van der Waals surface area contributed by atoms with Crippen LogP contribution in [0.1, 0.15) is 120 Å². The fourth-order valence-electron chi connectivity index (χ4n) is 10.9. The standard InChI is InChI=1S/C39H55N3O9/c1-37-16-14-30-31(39(37,49)18-15-29(37)25-9-12-34(45)50-22-25)11-10-26-19-28(13-17-38(26,30)23-43)51-35(46)8-6-4-3-5-7-33(44)41-32(36(47)48)20-27-21-42(2)24-40-27/h9,12,21-22,24,26,28-32,43,49H,3-8,10-11,13-20,23H2,1-2H3,(H,41,44)(H,47,48). The predicted octanol–water partition coefficient (Wildman–Crippen LogP) is 4.65. The van der Waals surface area contributed by atoms with E-state index < -0.39 is 17.6 Å². The second kappa shape index (κ2) is 15.2. The summed E-state index contributed by atoms with van der Waals surface area (Å²) in [6.45, 7) is 2.29. The molecule has 4 N–H and O–H groups in total. The lowest BCUT2D eigenvalue weighted by molar-refractivity contribution is -0.219. The number of carboxylic acids is 1. The number of carbonyl (C=O) groups is 3. The number of fused-ring (bicyclic) bond motifs is 5. The highest BCUT2D eigenvalue weighted by molar-refractivity contribution is 5.83. The third kappa shape index (κ3) is 7.40. The van der Waals surface area contributed by atoms with Gasteiger partial charge in [-0.1, -0.05) is 19.8 Å². The van der Waals surface area contributed by atoms with E-state index in [1.807, 2.05) is 6.07 Å². The number of carbonyl (C=O) groups excluding carboxylic acids is 2. The third-order valence-corrected chi connectivity index (χ3v) is 13.6. The van der Waals surface area contributed by atoms with Gasteiger partial charge in [-0.05, 0) is 111 Å². The molecule has 6 rings (SSSR count). The van der Waals surface area contributed by atoms with Gasteiger partial charge in [0, 0.05) is 50.6 Å². The van der Waals surface area contributed by atoms with Crippen LogP contribution in [-0.4, -0.2) is 67.1 Å². The molecule has 0 aliphatic heterocycles. The van der Waals surface area contributed by atoms with Crippen molar-refractivity contribution in [1.82, 2.24) is 14.9 Å². The zero-order valence-electron chi connectivity index (χ0n) is 30.1. The molecule has 4 aliphatic carbocycles. The number of unbranched alkanes of at least 4 members (excludes halogenated alkanes) is 3. The van der Waals surface area contributed by atoms with Crippen LogP contribution in [0.25, 0.3) is 0 Å². The van der Waals surface area contributed by atoms with E-state index in [1.165, 1.54) is 6.07 Å². The highest BCUT2D eigenvalue weighted by Gasteiger charge is 2.68. The molecule has 9 atom stereocenters. The van der Waals surface area contributed by atoms with Gasteiger partial charge in [0.2, 0.25) is 5.91 Å². The molecule has 280 valence electrons. The monoisotopic (exact) mass is 709 g/mol. The SMILES string of the molecule is Cn1cnc(CC(NC(=O)CCCCCCC(=O)OC2CCC3(CO)C(CCC4C3CCC3(C)C(c5ccc(=O)oc5)CCC43O)C2)C(=O)O)c1. The molecule has 1 amide bonds.